The molecule has 0 bridgehead atoms. The van der Waals surface area contributed by atoms with Crippen molar-refractivity contribution >= 4 is 5.57 Å². The minimum Gasteiger partial charge on any atom is -0.303 e. The Morgan fingerprint density at radius 1 is 0.842 bits per heavy atom. The van der Waals surface area contributed by atoms with Crippen LogP contribution in [-0.4, -0.2) is 25.0 Å². The third-order valence-corrected chi connectivity index (χ3v) is 3.39. The van der Waals surface area contributed by atoms with Crippen LogP contribution in [-0.2, 0) is 0 Å². The van der Waals surface area contributed by atoms with E-state index in [1.54, 1.807) is 0 Å². The topological polar surface area (TPSA) is 3.24 Å². The Balaban J connectivity index is 2.46. The highest BCUT2D eigenvalue weighted by Gasteiger charge is 2.08. The summed E-state index contributed by atoms with van der Waals surface area (Å²) in [6, 6.07) is 21.5. The maximum absolute atomic E-state index is 2.32. The molecule has 19 heavy (non-hydrogen) atoms. The first kappa shape index (κ1) is 13.6. The summed E-state index contributed by atoms with van der Waals surface area (Å²) in [5.41, 5.74) is 3.83. The van der Waals surface area contributed by atoms with Crippen LogP contribution in [0.15, 0.2) is 66.7 Å². The molecule has 0 spiro atoms. The second-order valence-electron chi connectivity index (χ2n) is 5.02. The minimum absolute atomic E-state index is 0.399. The molecule has 0 saturated carbocycles. The van der Waals surface area contributed by atoms with Crippen LogP contribution in [0.5, 0.6) is 0 Å². The van der Waals surface area contributed by atoms with Crippen LogP contribution >= 0.6 is 0 Å². The van der Waals surface area contributed by atoms with Crippen LogP contribution in [0, 0.1) is 0 Å². The summed E-state index contributed by atoms with van der Waals surface area (Å²) in [4.78, 5) is 2.21. The average Bonchev–Trinajstić information content (AvgIpc) is 2.46. The average molecular weight is 251 g/mol. The molecule has 0 aliphatic heterocycles. The van der Waals surface area contributed by atoms with Gasteiger partial charge in [-0.1, -0.05) is 66.7 Å². The lowest BCUT2D eigenvalue weighted by Crippen LogP contribution is -2.22. The molecule has 1 atom stereocenters. The highest BCUT2D eigenvalue weighted by Crippen LogP contribution is 2.24. The fourth-order valence-corrected chi connectivity index (χ4v) is 1.98. The van der Waals surface area contributed by atoms with E-state index in [9.17, 15) is 0 Å². The van der Waals surface area contributed by atoms with Gasteiger partial charge >= 0.3 is 0 Å². The molecule has 1 nitrogen and oxygen atoms in total. The van der Waals surface area contributed by atoms with E-state index in [1.807, 2.05) is 0 Å². The van der Waals surface area contributed by atoms with Crippen molar-refractivity contribution < 1.29 is 0 Å². The van der Waals surface area contributed by atoms with Crippen molar-refractivity contribution in [1.29, 1.82) is 0 Å². The van der Waals surface area contributed by atoms with Crippen LogP contribution in [0.4, 0.5) is 0 Å². The number of hydrogen-bond donors (Lipinski definition) is 0. The van der Waals surface area contributed by atoms with Gasteiger partial charge in [0.2, 0.25) is 0 Å². The van der Waals surface area contributed by atoms with Gasteiger partial charge in [0.1, 0.15) is 0 Å². The van der Waals surface area contributed by atoms with E-state index in [2.05, 4.69) is 92.7 Å². The fraction of sp³-hybridized carbons (Fsp3) is 0.222. The van der Waals surface area contributed by atoms with E-state index in [4.69, 9.17) is 0 Å². The molecule has 2 aromatic rings. The normalized spacial score (nSPS) is 12.2. The Kier molecular flexibility index (Phi) is 4.53. The zero-order valence-electron chi connectivity index (χ0n) is 11.9. The second kappa shape index (κ2) is 6.35. The van der Waals surface area contributed by atoms with Crippen LogP contribution < -0.4 is 0 Å². The predicted molar refractivity (Wildman–Crippen MR) is 83.1 cm³/mol. The van der Waals surface area contributed by atoms with Crippen molar-refractivity contribution in [3.63, 3.8) is 0 Å². The molecular weight excluding hydrogens is 230 g/mol. The first-order valence-corrected chi connectivity index (χ1v) is 6.67. The molecule has 0 heterocycles. The summed E-state index contributed by atoms with van der Waals surface area (Å²) in [7, 11) is 4.21. The molecular formula is C18H21N. The van der Waals surface area contributed by atoms with Crippen molar-refractivity contribution in [1.82, 2.24) is 4.90 Å². The smallest absolute Gasteiger partial charge is 0.0252 e. The van der Waals surface area contributed by atoms with E-state index in [0.29, 0.717) is 6.04 Å². The predicted octanol–water partition coefficient (Wildman–Crippen LogP) is 4.07. The Morgan fingerprint density at radius 3 is 1.63 bits per heavy atom. The largest absolute Gasteiger partial charge is 0.303 e. The standard InChI is InChI=1S/C18H21N/c1-15(19(2)3)14-18(16-10-6-4-7-11-16)17-12-8-5-9-13-17/h4-15H,1-3H3. The summed E-state index contributed by atoms with van der Waals surface area (Å²) < 4.78 is 0. The maximum atomic E-state index is 2.32. The van der Waals surface area contributed by atoms with Gasteiger partial charge < -0.3 is 4.90 Å². The van der Waals surface area contributed by atoms with Crippen molar-refractivity contribution in [2.75, 3.05) is 14.1 Å². The lowest BCUT2D eigenvalue weighted by molar-refractivity contribution is 0.364. The summed E-state index contributed by atoms with van der Waals surface area (Å²) in [6.07, 6.45) is 2.32. The number of benzene rings is 2. The lowest BCUT2D eigenvalue weighted by atomic mass is 9.96. The lowest BCUT2D eigenvalue weighted by Gasteiger charge is -2.18. The highest BCUT2D eigenvalue weighted by molar-refractivity contribution is 5.80. The zero-order valence-corrected chi connectivity index (χ0v) is 11.9. The molecule has 0 aliphatic rings. The van der Waals surface area contributed by atoms with Gasteiger partial charge in [-0.05, 0) is 37.7 Å². The second-order valence-corrected chi connectivity index (χ2v) is 5.02. The van der Waals surface area contributed by atoms with Gasteiger partial charge in [-0.25, -0.2) is 0 Å². The van der Waals surface area contributed by atoms with E-state index >= 15 is 0 Å². The van der Waals surface area contributed by atoms with Crippen LogP contribution in [0.25, 0.3) is 5.57 Å². The van der Waals surface area contributed by atoms with Gasteiger partial charge in [-0.3, -0.25) is 0 Å². The molecule has 0 aromatic heterocycles. The van der Waals surface area contributed by atoms with Crippen molar-refractivity contribution in [3.05, 3.63) is 77.9 Å². The number of nitrogens with zero attached hydrogens (tertiary/aromatic N) is 1. The van der Waals surface area contributed by atoms with Gasteiger partial charge in [0, 0.05) is 6.04 Å². The van der Waals surface area contributed by atoms with Gasteiger partial charge in [-0.2, -0.15) is 0 Å². The molecule has 0 aliphatic carbocycles. The molecule has 1 unspecified atom stereocenters. The van der Waals surface area contributed by atoms with Crippen molar-refractivity contribution in [2.45, 2.75) is 13.0 Å². The maximum Gasteiger partial charge on any atom is 0.0252 e. The first-order valence-electron chi connectivity index (χ1n) is 6.67. The molecule has 0 fully saturated rings. The third-order valence-electron chi connectivity index (χ3n) is 3.39. The minimum atomic E-state index is 0.399. The monoisotopic (exact) mass is 251 g/mol. The van der Waals surface area contributed by atoms with Gasteiger partial charge in [-0.15, -0.1) is 0 Å². The Morgan fingerprint density at radius 2 is 1.26 bits per heavy atom. The van der Waals surface area contributed by atoms with Crippen LogP contribution in [0.2, 0.25) is 0 Å². The Bertz CT molecular complexity index is 485. The van der Waals surface area contributed by atoms with E-state index in [0.717, 1.165) is 0 Å². The molecule has 0 saturated heterocycles. The first-order chi connectivity index (χ1) is 9.18. The molecule has 0 amide bonds. The van der Waals surface area contributed by atoms with Gasteiger partial charge in [0.25, 0.3) is 0 Å². The Labute approximate surface area is 116 Å². The van der Waals surface area contributed by atoms with Crippen molar-refractivity contribution in [3.8, 4) is 0 Å². The van der Waals surface area contributed by atoms with Gasteiger partial charge in [0.15, 0.2) is 0 Å². The molecule has 0 N–H and O–H groups in total. The quantitative estimate of drug-likeness (QED) is 0.792. The van der Waals surface area contributed by atoms with Crippen molar-refractivity contribution in [2.24, 2.45) is 0 Å². The number of hydrogen-bond acceptors (Lipinski definition) is 1. The Hall–Kier alpha value is -1.86. The SMILES string of the molecule is CC(C=C(c1ccccc1)c1ccccc1)N(C)C. The van der Waals surface area contributed by atoms with Crippen LogP contribution in [0.1, 0.15) is 18.1 Å². The molecule has 2 rings (SSSR count). The number of rotatable bonds is 4. The van der Waals surface area contributed by atoms with E-state index < -0.39 is 0 Å². The van der Waals surface area contributed by atoms with E-state index in [-0.39, 0.29) is 0 Å². The summed E-state index contributed by atoms with van der Waals surface area (Å²) in [5.74, 6) is 0. The fourth-order valence-electron chi connectivity index (χ4n) is 1.98. The molecule has 98 valence electrons. The number of likely N-dealkylation sites (N-methyl/N-ethyl adjacent to an activating group) is 1. The summed E-state index contributed by atoms with van der Waals surface area (Å²) >= 11 is 0. The van der Waals surface area contributed by atoms with Crippen LogP contribution in [0.3, 0.4) is 0 Å². The molecule has 2 aromatic carbocycles. The molecule has 0 radical (unpaired) electrons. The van der Waals surface area contributed by atoms with E-state index in [1.165, 1.54) is 16.7 Å². The molecule has 1 heteroatoms. The summed E-state index contributed by atoms with van der Waals surface area (Å²) in [5, 5.41) is 0. The van der Waals surface area contributed by atoms with Gasteiger partial charge in [0.05, 0.1) is 0 Å². The highest BCUT2D eigenvalue weighted by atomic mass is 15.1. The summed E-state index contributed by atoms with van der Waals surface area (Å²) in [6.45, 7) is 2.21. The third kappa shape index (κ3) is 3.55. The zero-order chi connectivity index (χ0) is 13.7.